The van der Waals surface area contributed by atoms with Crippen molar-refractivity contribution in [3.8, 4) is 17.4 Å². The lowest BCUT2D eigenvalue weighted by Crippen LogP contribution is -2.41. The van der Waals surface area contributed by atoms with Crippen molar-refractivity contribution in [3.05, 3.63) is 18.3 Å². The molecule has 0 saturated heterocycles. The molecule has 24 heavy (non-hydrogen) atoms. The minimum atomic E-state index is -0.716. The van der Waals surface area contributed by atoms with Gasteiger partial charge in [0.15, 0.2) is 11.5 Å². The van der Waals surface area contributed by atoms with Crippen LogP contribution >= 0.6 is 0 Å². The molecular formula is C17H20N2O5. The molecule has 1 aromatic heterocycles. The molecule has 0 aliphatic heterocycles. The quantitative estimate of drug-likeness (QED) is 0.867. The minimum absolute atomic E-state index is 0.0482. The second-order valence-electron chi connectivity index (χ2n) is 6.44. The minimum Gasteiger partial charge on any atom is -0.493 e. The molecule has 2 aliphatic carbocycles. The molecule has 2 N–H and O–H groups in total. The molecule has 1 heterocycles. The number of aliphatic hydroxyl groups excluding tert-OH is 2. The Morgan fingerprint density at radius 3 is 2.33 bits per heavy atom. The van der Waals surface area contributed by atoms with Crippen molar-refractivity contribution in [2.75, 3.05) is 14.2 Å². The molecule has 2 aliphatic rings. The normalized spacial score (nSPS) is 31.4. The fourth-order valence-corrected chi connectivity index (χ4v) is 3.91. The number of hydrogen-bond donors (Lipinski definition) is 2. The van der Waals surface area contributed by atoms with Gasteiger partial charge in [0.1, 0.15) is 6.10 Å². The largest absolute Gasteiger partial charge is 0.493 e. The van der Waals surface area contributed by atoms with Crippen LogP contribution in [-0.4, -0.2) is 52.7 Å². The Labute approximate surface area is 139 Å². The van der Waals surface area contributed by atoms with Crippen LogP contribution in [0.4, 0.5) is 0 Å². The summed E-state index contributed by atoms with van der Waals surface area (Å²) in [5, 5.41) is 19.9. The van der Waals surface area contributed by atoms with Gasteiger partial charge in [0.25, 0.3) is 0 Å². The molecule has 2 aromatic rings. The Kier molecular flexibility index (Phi) is 3.69. The lowest BCUT2D eigenvalue weighted by atomic mass is 9.92. The number of hydrogen-bond acceptors (Lipinski definition) is 7. The summed E-state index contributed by atoms with van der Waals surface area (Å²) in [6.07, 6.45) is 1.61. The van der Waals surface area contributed by atoms with Crippen molar-refractivity contribution in [1.29, 1.82) is 0 Å². The van der Waals surface area contributed by atoms with E-state index in [1.807, 2.05) is 0 Å². The molecule has 7 heteroatoms. The molecule has 0 radical (unpaired) electrons. The number of nitrogens with zero attached hydrogens (tertiary/aromatic N) is 2. The van der Waals surface area contributed by atoms with Gasteiger partial charge in [0, 0.05) is 18.1 Å². The number of aromatic nitrogens is 2. The Bertz CT molecular complexity index is 766. The fourth-order valence-electron chi connectivity index (χ4n) is 3.91. The van der Waals surface area contributed by atoms with E-state index in [1.54, 1.807) is 32.5 Å². The first-order valence-corrected chi connectivity index (χ1v) is 8.02. The second-order valence-corrected chi connectivity index (χ2v) is 6.44. The lowest BCUT2D eigenvalue weighted by molar-refractivity contribution is -0.0531. The van der Waals surface area contributed by atoms with Crippen LogP contribution in [0.5, 0.6) is 17.4 Å². The maximum atomic E-state index is 10.0. The molecule has 1 aromatic carbocycles. The van der Waals surface area contributed by atoms with E-state index in [9.17, 15) is 10.2 Å². The number of ether oxygens (including phenoxy) is 3. The zero-order chi connectivity index (χ0) is 16.8. The van der Waals surface area contributed by atoms with Crippen LogP contribution in [-0.2, 0) is 0 Å². The summed E-state index contributed by atoms with van der Waals surface area (Å²) < 4.78 is 16.5. The molecule has 2 saturated carbocycles. The van der Waals surface area contributed by atoms with Gasteiger partial charge >= 0.3 is 0 Å². The molecule has 4 rings (SSSR count). The van der Waals surface area contributed by atoms with Crippen molar-refractivity contribution in [2.24, 2.45) is 11.8 Å². The first kappa shape index (κ1) is 15.4. The summed E-state index contributed by atoms with van der Waals surface area (Å²) in [5.41, 5.74) is 1.33. The number of rotatable bonds is 4. The van der Waals surface area contributed by atoms with E-state index in [4.69, 9.17) is 14.2 Å². The van der Waals surface area contributed by atoms with Crippen molar-refractivity contribution in [3.63, 3.8) is 0 Å². The van der Waals surface area contributed by atoms with E-state index in [0.29, 0.717) is 28.4 Å². The SMILES string of the molecule is COc1cc2ncc(OC3CC4CC3C(O)C4O)nc2cc1OC. The highest BCUT2D eigenvalue weighted by Crippen LogP contribution is 2.46. The van der Waals surface area contributed by atoms with Crippen molar-refractivity contribution < 1.29 is 24.4 Å². The summed E-state index contributed by atoms with van der Waals surface area (Å²) in [4.78, 5) is 8.85. The molecular weight excluding hydrogens is 312 g/mol. The van der Waals surface area contributed by atoms with Gasteiger partial charge in [-0.2, -0.15) is 0 Å². The van der Waals surface area contributed by atoms with E-state index in [2.05, 4.69) is 9.97 Å². The third kappa shape index (κ3) is 2.35. The Balaban J connectivity index is 1.59. The summed E-state index contributed by atoms with van der Waals surface area (Å²) in [5.74, 6) is 1.64. The summed E-state index contributed by atoms with van der Waals surface area (Å²) in [6.45, 7) is 0. The monoisotopic (exact) mass is 332 g/mol. The van der Waals surface area contributed by atoms with Crippen LogP contribution in [0.1, 0.15) is 12.8 Å². The molecule has 128 valence electrons. The number of benzene rings is 1. The van der Waals surface area contributed by atoms with E-state index in [-0.39, 0.29) is 17.9 Å². The van der Waals surface area contributed by atoms with Crippen LogP contribution in [0.3, 0.4) is 0 Å². The standard InChI is InChI=1S/C17H20N2O5/c1-22-13-5-10-11(6-14(13)23-2)19-15(7-18-10)24-12-4-8-3-9(12)17(21)16(8)20/h5-9,12,16-17,20-21H,3-4H2,1-2H3. The van der Waals surface area contributed by atoms with Crippen molar-refractivity contribution >= 4 is 11.0 Å². The van der Waals surface area contributed by atoms with E-state index >= 15 is 0 Å². The van der Waals surface area contributed by atoms with Gasteiger partial charge in [-0.1, -0.05) is 0 Å². The smallest absolute Gasteiger partial charge is 0.233 e. The molecule has 2 bridgehead atoms. The molecule has 5 atom stereocenters. The zero-order valence-corrected chi connectivity index (χ0v) is 13.5. The highest BCUT2D eigenvalue weighted by Gasteiger charge is 2.53. The molecule has 2 fully saturated rings. The Morgan fingerprint density at radius 1 is 1.00 bits per heavy atom. The molecule has 7 nitrogen and oxygen atoms in total. The first-order chi connectivity index (χ1) is 11.6. The summed E-state index contributed by atoms with van der Waals surface area (Å²) >= 11 is 0. The third-order valence-corrected chi connectivity index (χ3v) is 5.16. The topological polar surface area (TPSA) is 93.9 Å². The van der Waals surface area contributed by atoms with Crippen molar-refractivity contribution in [2.45, 2.75) is 31.2 Å². The maximum absolute atomic E-state index is 10.0. The average molecular weight is 332 g/mol. The van der Waals surface area contributed by atoms with Gasteiger partial charge in [-0.05, 0) is 18.8 Å². The first-order valence-electron chi connectivity index (χ1n) is 8.02. The van der Waals surface area contributed by atoms with Gasteiger partial charge in [0.2, 0.25) is 5.88 Å². The third-order valence-electron chi connectivity index (χ3n) is 5.16. The molecule has 0 spiro atoms. The van der Waals surface area contributed by atoms with E-state index in [0.717, 1.165) is 12.8 Å². The van der Waals surface area contributed by atoms with Gasteiger partial charge in [-0.25, -0.2) is 9.97 Å². The summed E-state index contributed by atoms with van der Waals surface area (Å²) in [7, 11) is 3.14. The van der Waals surface area contributed by atoms with Crippen LogP contribution < -0.4 is 14.2 Å². The number of aliphatic hydroxyl groups is 2. The highest BCUT2D eigenvalue weighted by atomic mass is 16.5. The van der Waals surface area contributed by atoms with Crippen LogP contribution in [0.2, 0.25) is 0 Å². The predicted molar refractivity (Wildman–Crippen MR) is 85.3 cm³/mol. The fraction of sp³-hybridized carbons (Fsp3) is 0.529. The van der Waals surface area contributed by atoms with Crippen LogP contribution in [0.15, 0.2) is 18.3 Å². The Hall–Kier alpha value is -2.12. The molecule has 0 amide bonds. The van der Waals surface area contributed by atoms with Crippen molar-refractivity contribution in [1.82, 2.24) is 9.97 Å². The van der Waals surface area contributed by atoms with Gasteiger partial charge in [-0.3, -0.25) is 0 Å². The highest BCUT2D eigenvalue weighted by molar-refractivity contribution is 5.79. The number of methoxy groups -OCH3 is 2. The number of fused-ring (bicyclic) bond motifs is 3. The average Bonchev–Trinajstić information content (AvgIpc) is 3.13. The lowest BCUT2D eigenvalue weighted by Gasteiger charge is -2.29. The molecule has 5 unspecified atom stereocenters. The summed E-state index contributed by atoms with van der Waals surface area (Å²) in [6, 6.07) is 3.52. The van der Waals surface area contributed by atoms with Gasteiger partial charge < -0.3 is 24.4 Å². The van der Waals surface area contributed by atoms with Gasteiger partial charge in [-0.15, -0.1) is 0 Å². The zero-order valence-electron chi connectivity index (χ0n) is 13.5. The van der Waals surface area contributed by atoms with E-state index < -0.39 is 12.2 Å². The second kappa shape index (κ2) is 5.75. The van der Waals surface area contributed by atoms with Crippen LogP contribution in [0, 0.1) is 11.8 Å². The maximum Gasteiger partial charge on any atom is 0.233 e. The van der Waals surface area contributed by atoms with Crippen LogP contribution in [0.25, 0.3) is 11.0 Å². The van der Waals surface area contributed by atoms with E-state index in [1.165, 1.54) is 0 Å². The Morgan fingerprint density at radius 2 is 1.71 bits per heavy atom. The van der Waals surface area contributed by atoms with Gasteiger partial charge in [0.05, 0.1) is 43.7 Å². The predicted octanol–water partition coefficient (Wildman–Crippen LogP) is 1.16.